The van der Waals surface area contributed by atoms with Gasteiger partial charge in [0, 0.05) is 30.4 Å². The van der Waals surface area contributed by atoms with Crippen molar-refractivity contribution in [3.63, 3.8) is 0 Å². The summed E-state index contributed by atoms with van der Waals surface area (Å²) in [6, 6.07) is 15.9. The Morgan fingerprint density at radius 2 is 1.90 bits per heavy atom. The number of carbonyl (C=O) groups excluding carboxylic acids is 2. The zero-order valence-electron chi connectivity index (χ0n) is 16.0. The van der Waals surface area contributed by atoms with E-state index in [2.05, 4.69) is 10.4 Å². The second kappa shape index (κ2) is 8.28. The highest BCUT2D eigenvalue weighted by Crippen LogP contribution is 2.28. The van der Waals surface area contributed by atoms with E-state index in [1.165, 1.54) is 30.3 Å². The van der Waals surface area contributed by atoms with E-state index in [4.69, 9.17) is 0 Å². The van der Waals surface area contributed by atoms with E-state index < -0.39 is 11.4 Å². The lowest BCUT2D eigenvalue weighted by molar-refractivity contribution is -0.116. The van der Waals surface area contributed by atoms with E-state index in [1.54, 1.807) is 11.0 Å². The number of fused-ring (bicyclic) bond motifs is 1. The van der Waals surface area contributed by atoms with Crippen molar-refractivity contribution in [3.05, 3.63) is 88.1 Å². The number of amides is 2. The Hall–Kier alpha value is -3.81. The smallest absolute Gasteiger partial charge is 0.278 e. The van der Waals surface area contributed by atoms with Gasteiger partial charge < -0.3 is 10.2 Å². The summed E-state index contributed by atoms with van der Waals surface area (Å²) in [5.74, 6) is -1.14. The molecule has 2 amide bonds. The molecule has 7 nitrogen and oxygen atoms in total. The van der Waals surface area contributed by atoms with Crippen molar-refractivity contribution in [2.24, 2.45) is 0 Å². The lowest BCUT2D eigenvalue weighted by atomic mass is 10.2. The van der Waals surface area contributed by atoms with E-state index in [9.17, 15) is 18.8 Å². The average Bonchev–Trinajstić information content (AvgIpc) is 3.17. The molecule has 0 aliphatic carbocycles. The first-order chi connectivity index (χ1) is 14.5. The maximum Gasteiger partial charge on any atom is 0.278 e. The summed E-state index contributed by atoms with van der Waals surface area (Å²) in [7, 11) is 0. The SMILES string of the molecule is O=C(CCn1nc(C(=O)N2CCc3ccccc32)ccc1=O)Nc1cccc(F)c1. The van der Waals surface area contributed by atoms with Crippen LogP contribution in [0.4, 0.5) is 15.8 Å². The predicted octanol–water partition coefficient (Wildman–Crippen LogP) is 2.61. The second-order valence-corrected chi connectivity index (χ2v) is 6.92. The van der Waals surface area contributed by atoms with Gasteiger partial charge in [0.1, 0.15) is 11.5 Å². The van der Waals surface area contributed by atoms with Crippen molar-refractivity contribution in [2.75, 3.05) is 16.8 Å². The number of rotatable bonds is 5. The number of hydrogen-bond acceptors (Lipinski definition) is 4. The number of halogens is 1. The molecule has 3 aromatic rings. The Morgan fingerprint density at radius 1 is 1.07 bits per heavy atom. The first-order valence-electron chi connectivity index (χ1n) is 9.54. The quantitative estimate of drug-likeness (QED) is 0.706. The van der Waals surface area contributed by atoms with Crippen molar-refractivity contribution < 1.29 is 14.0 Å². The molecular formula is C22H19FN4O3. The number of aromatic nitrogens is 2. The standard InChI is InChI=1S/C22H19FN4O3/c23-16-5-3-6-17(14-16)24-20(28)11-13-27-21(29)9-8-18(25-27)22(30)26-12-10-15-4-1-2-7-19(15)26/h1-9,14H,10-13H2,(H,24,28). The average molecular weight is 406 g/mol. The Labute approximate surface area is 171 Å². The number of carbonyl (C=O) groups is 2. The van der Waals surface area contributed by atoms with Gasteiger partial charge in [-0.15, -0.1) is 0 Å². The first-order valence-corrected chi connectivity index (χ1v) is 9.54. The van der Waals surface area contributed by atoms with Crippen molar-refractivity contribution in [1.29, 1.82) is 0 Å². The van der Waals surface area contributed by atoms with Crippen molar-refractivity contribution in [3.8, 4) is 0 Å². The molecule has 0 spiro atoms. The molecule has 0 unspecified atom stereocenters. The second-order valence-electron chi connectivity index (χ2n) is 6.92. The fraction of sp³-hybridized carbons (Fsp3) is 0.182. The monoisotopic (exact) mass is 406 g/mol. The number of aryl methyl sites for hydroxylation is 1. The van der Waals surface area contributed by atoms with Gasteiger partial charge in [0.05, 0.1) is 6.54 Å². The molecule has 2 aromatic carbocycles. The lowest BCUT2D eigenvalue weighted by Crippen LogP contribution is -2.33. The van der Waals surface area contributed by atoms with Gasteiger partial charge >= 0.3 is 0 Å². The minimum absolute atomic E-state index is 0.00229. The van der Waals surface area contributed by atoms with Crippen LogP contribution in [0, 0.1) is 5.82 Å². The summed E-state index contributed by atoms with van der Waals surface area (Å²) in [5, 5.41) is 6.72. The van der Waals surface area contributed by atoms with E-state index in [-0.39, 0.29) is 30.5 Å². The zero-order valence-corrected chi connectivity index (χ0v) is 16.0. The van der Waals surface area contributed by atoms with Crippen molar-refractivity contribution in [2.45, 2.75) is 19.4 Å². The summed E-state index contributed by atoms with van der Waals surface area (Å²) in [4.78, 5) is 38.8. The number of hydrogen-bond donors (Lipinski definition) is 1. The molecule has 1 aliphatic rings. The van der Waals surface area contributed by atoms with Gasteiger partial charge in [-0.2, -0.15) is 5.10 Å². The number of benzene rings is 2. The Morgan fingerprint density at radius 3 is 2.73 bits per heavy atom. The zero-order chi connectivity index (χ0) is 21.1. The number of nitrogens with zero attached hydrogens (tertiary/aromatic N) is 3. The minimum Gasteiger partial charge on any atom is -0.326 e. The van der Waals surface area contributed by atoms with Crippen molar-refractivity contribution >= 4 is 23.2 Å². The van der Waals surface area contributed by atoms with Crippen LogP contribution in [-0.2, 0) is 17.8 Å². The van der Waals surface area contributed by atoms with Crippen molar-refractivity contribution in [1.82, 2.24) is 9.78 Å². The molecule has 0 bridgehead atoms. The molecule has 0 atom stereocenters. The lowest BCUT2D eigenvalue weighted by Gasteiger charge is -2.17. The van der Waals surface area contributed by atoms with Gasteiger partial charge in [0.2, 0.25) is 5.91 Å². The molecule has 0 radical (unpaired) electrons. The van der Waals surface area contributed by atoms with Crippen LogP contribution in [0.15, 0.2) is 65.5 Å². The van der Waals surface area contributed by atoms with Gasteiger partial charge in [-0.3, -0.25) is 14.4 Å². The molecule has 1 aliphatic heterocycles. The summed E-state index contributed by atoms with van der Waals surface area (Å²) in [6.45, 7) is 0.548. The van der Waals surface area contributed by atoms with Crippen LogP contribution in [0.5, 0.6) is 0 Å². The molecule has 1 aromatic heterocycles. The summed E-state index contributed by atoms with van der Waals surface area (Å²) in [5.41, 5.74) is 1.99. The third kappa shape index (κ3) is 4.12. The summed E-state index contributed by atoms with van der Waals surface area (Å²) >= 11 is 0. The molecule has 0 saturated heterocycles. The highest BCUT2D eigenvalue weighted by molar-refractivity contribution is 6.05. The Kier molecular flexibility index (Phi) is 5.38. The van der Waals surface area contributed by atoms with Crippen LogP contribution >= 0.6 is 0 Å². The van der Waals surface area contributed by atoms with Crippen LogP contribution < -0.4 is 15.8 Å². The van der Waals surface area contributed by atoms with Gasteiger partial charge in [-0.25, -0.2) is 9.07 Å². The van der Waals surface area contributed by atoms with Crippen LogP contribution in [0.25, 0.3) is 0 Å². The fourth-order valence-electron chi connectivity index (χ4n) is 3.41. The molecule has 30 heavy (non-hydrogen) atoms. The Bertz CT molecular complexity index is 1170. The van der Waals surface area contributed by atoms with Gasteiger partial charge in [-0.05, 0) is 42.3 Å². The fourth-order valence-corrected chi connectivity index (χ4v) is 3.41. The molecular weight excluding hydrogens is 387 g/mol. The number of nitrogens with one attached hydrogen (secondary N) is 1. The third-order valence-corrected chi connectivity index (χ3v) is 4.88. The molecule has 152 valence electrons. The van der Waals surface area contributed by atoms with Gasteiger partial charge in [0.15, 0.2) is 0 Å². The van der Waals surface area contributed by atoms with E-state index in [0.29, 0.717) is 12.2 Å². The third-order valence-electron chi connectivity index (χ3n) is 4.88. The van der Waals surface area contributed by atoms with Gasteiger partial charge in [0.25, 0.3) is 11.5 Å². The molecule has 0 saturated carbocycles. The van der Waals surface area contributed by atoms with E-state index in [1.807, 2.05) is 24.3 Å². The highest BCUT2D eigenvalue weighted by atomic mass is 19.1. The topological polar surface area (TPSA) is 84.3 Å². The number of para-hydroxylation sites is 1. The van der Waals surface area contributed by atoms with Crippen LogP contribution in [0.3, 0.4) is 0 Å². The molecule has 4 rings (SSSR count). The predicted molar refractivity (Wildman–Crippen MR) is 110 cm³/mol. The maximum atomic E-state index is 13.2. The van der Waals surface area contributed by atoms with Crippen LogP contribution in [-0.4, -0.2) is 28.1 Å². The molecule has 0 fully saturated rings. The normalized spacial score (nSPS) is 12.5. The molecule has 8 heteroatoms. The molecule has 2 heterocycles. The number of anilines is 2. The summed E-state index contributed by atoms with van der Waals surface area (Å²) in [6.07, 6.45) is 0.718. The largest absolute Gasteiger partial charge is 0.326 e. The Balaban J connectivity index is 1.45. The van der Waals surface area contributed by atoms with E-state index in [0.717, 1.165) is 22.4 Å². The highest BCUT2D eigenvalue weighted by Gasteiger charge is 2.26. The van der Waals surface area contributed by atoms with Crippen LogP contribution in [0.1, 0.15) is 22.5 Å². The first kappa shape index (κ1) is 19.5. The van der Waals surface area contributed by atoms with E-state index >= 15 is 0 Å². The molecule has 1 N–H and O–H groups in total. The summed E-state index contributed by atoms with van der Waals surface area (Å²) < 4.78 is 14.3. The van der Waals surface area contributed by atoms with Gasteiger partial charge in [-0.1, -0.05) is 24.3 Å². The minimum atomic E-state index is -0.458. The van der Waals surface area contributed by atoms with Crippen LogP contribution in [0.2, 0.25) is 0 Å². The maximum absolute atomic E-state index is 13.2.